The molecule has 3 fully saturated rings. The zero-order chi connectivity index (χ0) is 26.3. The van der Waals surface area contributed by atoms with Crippen LogP contribution in [0.3, 0.4) is 0 Å². The summed E-state index contributed by atoms with van der Waals surface area (Å²) in [6.07, 6.45) is 4.70. The smallest absolute Gasteiger partial charge is 0.262 e. The van der Waals surface area contributed by atoms with E-state index in [1.54, 1.807) is 30.5 Å². The van der Waals surface area contributed by atoms with E-state index in [-0.39, 0.29) is 35.0 Å². The first-order valence-corrected chi connectivity index (χ1v) is 15.1. The summed E-state index contributed by atoms with van der Waals surface area (Å²) in [6.45, 7) is 3.70. The number of benzene rings is 2. The Hall–Kier alpha value is -2.95. The van der Waals surface area contributed by atoms with E-state index in [0.29, 0.717) is 55.3 Å². The van der Waals surface area contributed by atoms with Crippen molar-refractivity contribution in [2.24, 2.45) is 0 Å². The molecule has 10 heteroatoms. The summed E-state index contributed by atoms with van der Waals surface area (Å²) >= 11 is 0. The van der Waals surface area contributed by atoms with Crippen LogP contribution in [0.2, 0.25) is 0 Å². The second-order valence-corrected chi connectivity index (χ2v) is 12.7. The third-order valence-electron chi connectivity index (χ3n) is 7.94. The highest BCUT2D eigenvalue weighted by Gasteiger charge is 2.32. The molecule has 0 aliphatic carbocycles. The summed E-state index contributed by atoms with van der Waals surface area (Å²) < 4.78 is 51.7. The summed E-state index contributed by atoms with van der Waals surface area (Å²) in [5.74, 6) is 0.693. The Morgan fingerprint density at radius 3 is 2.63 bits per heavy atom. The number of hydrogen-bond donors (Lipinski definition) is 0. The molecule has 3 saturated heterocycles. The molecule has 0 saturated carbocycles. The van der Waals surface area contributed by atoms with E-state index >= 15 is 4.39 Å². The van der Waals surface area contributed by atoms with E-state index in [0.717, 1.165) is 31.3 Å². The number of nitrogens with zero attached hydrogens (tertiary/aromatic N) is 3. The maximum Gasteiger partial charge on any atom is 0.262 e. The molecule has 6 rings (SSSR count). The van der Waals surface area contributed by atoms with Crippen molar-refractivity contribution >= 4 is 26.3 Å². The fourth-order valence-electron chi connectivity index (χ4n) is 5.74. The number of hydrogen-bond acceptors (Lipinski definition) is 7. The van der Waals surface area contributed by atoms with Gasteiger partial charge in [0.15, 0.2) is 9.84 Å². The molecule has 0 N–H and O–H groups in total. The van der Waals surface area contributed by atoms with E-state index < -0.39 is 9.84 Å². The van der Waals surface area contributed by atoms with E-state index in [9.17, 15) is 13.2 Å². The molecule has 38 heavy (non-hydrogen) atoms. The lowest BCUT2D eigenvalue weighted by molar-refractivity contribution is 0.0680. The lowest BCUT2D eigenvalue weighted by atomic mass is 10.1. The normalized spacial score (nSPS) is 23.8. The molecule has 1 unspecified atom stereocenters. The summed E-state index contributed by atoms with van der Waals surface area (Å²) in [5.41, 5.74) is 0.748. The van der Waals surface area contributed by atoms with Gasteiger partial charge in [-0.2, -0.15) is 0 Å². The van der Waals surface area contributed by atoms with Crippen molar-refractivity contribution in [1.29, 1.82) is 0 Å². The largest absolute Gasteiger partial charge is 0.491 e. The molecule has 2 atom stereocenters. The molecular weight excluding hydrogens is 509 g/mol. The minimum absolute atomic E-state index is 0.117. The van der Waals surface area contributed by atoms with Crippen molar-refractivity contribution < 1.29 is 22.3 Å². The maximum atomic E-state index is 15.3. The Morgan fingerprint density at radius 1 is 1.03 bits per heavy atom. The van der Waals surface area contributed by atoms with E-state index in [4.69, 9.17) is 9.47 Å². The molecule has 1 aromatic heterocycles. The zero-order valence-electron chi connectivity index (χ0n) is 21.2. The molecule has 202 valence electrons. The number of ether oxygens (including phenoxy) is 2. The predicted octanol–water partition coefficient (Wildman–Crippen LogP) is 3.00. The van der Waals surface area contributed by atoms with Crippen molar-refractivity contribution in [3.05, 3.63) is 64.8 Å². The van der Waals surface area contributed by atoms with Crippen LogP contribution in [-0.2, 0) is 14.6 Å². The fraction of sp³-hybridized carbons (Fsp3) is 0.464. The van der Waals surface area contributed by atoms with Gasteiger partial charge in [0.1, 0.15) is 18.2 Å². The van der Waals surface area contributed by atoms with Gasteiger partial charge in [-0.15, -0.1) is 0 Å². The molecule has 0 radical (unpaired) electrons. The predicted molar refractivity (Wildman–Crippen MR) is 145 cm³/mol. The molecule has 3 aromatic rings. The minimum atomic E-state index is -2.93. The first-order chi connectivity index (χ1) is 18.4. The highest BCUT2D eigenvalue weighted by molar-refractivity contribution is 7.91. The number of anilines is 1. The van der Waals surface area contributed by atoms with Crippen LogP contribution in [-0.4, -0.2) is 80.9 Å². The summed E-state index contributed by atoms with van der Waals surface area (Å²) in [5, 5.41) is 1.30. The van der Waals surface area contributed by atoms with Gasteiger partial charge >= 0.3 is 0 Å². The standard InChI is InChI=1S/C28H32FN3O5S/c29-26-17-21(3-6-27(26)31-9-8-22(18-31)30-11-14-38(34,35)15-12-30)32-10-7-20-16-23(4-5-25(20)28(32)33)37-19-24-2-1-13-36-24/h3-7,10,16-17,22,24H,1-2,8-9,11-15,18-19H2/t22?,24-/m1/s1. The van der Waals surface area contributed by atoms with Crippen LogP contribution in [0.25, 0.3) is 16.5 Å². The van der Waals surface area contributed by atoms with Gasteiger partial charge in [-0.25, -0.2) is 12.8 Å². The number of rotatable bonds is 6. The average molecular weight is 542 g/mol. The lowest BCUT2D eigenvalue weighted by Gasteiger charge is -2.32. The SMILES string of the molecule is O=c1c2ccc(OC[C@H]3CCCO3)cc2ccn1-c1ccc(N2CCC(N3CCS(=O)(=O)CC3)C2)c(F)c1. The van der Waals surface area contributed by atoms with Gasteiger partial charge in [0.05, 0.1) is 29.0 Å². The first kappa shape index (κ1) is 25.3. The number of halogens is 1. The molecule has 2 aromatic carbocycles. The van der Waals surface area contributed by atoms with Crippen molar-refractivity contribution in [1.82, 2.24) is 9.47 Å². The molecular formula is C28H32FN3O5S. The Labute approximate surface area is 221 Å². The van der Waals surface area contributed by atoms with Crippen LogP contribution in [0.5, 0.6) is 5.75 Å². The third-order valence-corrected chi connectivity index (χ3v) is 9.55. The topological polar surface area (TPSA) is 81.1 Å². The Kier molecular flexibility index (Phi) is 6.88. The second kappa shape index (κ2) is 10.3. The third kappa shape index (κ3) is 5.17. The van der Waals surface area contributed by atoms with Crippen LogP contribution in [0.1, 0.15) is 19.3 Å². The van der Waals surface area contributed by atoms with Crippen molar-refractivity contribution in [2.75, 3.05) is 55.8 Å². The molecule has 8 nitrogen and oxygen atoms in total. The van der Waals surface area contributed by atoms with Gasteiger partial charge in [0, 0.05) is 56.5 Å². The molecule has 3 aliphatic rings. The van der Waals surface area contributed by atoms with Crippen LogP contribution in [0.4, 0.5) is 10.1 Å². The van der Waals surface area contributed by atoms with E-state index in [1.807, 2.05) is 17.0 Å². The van der Waals surface area contributed by atoms with Gasteiger partial charge in [0.2, 0.25) is 0 Å². The average Bonchev–Trinajstić information content (AvgIpc) is 3.60. The Bertz CT molecular complexity index is 1490. The molecule has 0 bridgehead atoms. The first-order valence-electron chi connectivity index (χ1n) is 13.3. The molecule has 0 amide bonds. The summed E-state index contributed by atoms with van der Waals surface area (Å²) in [6, 6.07) is 12.3. The van der Waals surface area contributed by atoms with Crippen LogP contribution in [0, 0.1) is 5.82 Å². The fourth-order valence-corrected chi connectivity index (χ4v) is 6.97. The summed E-state index contributed by atoms with van der Waals surface area (Å²) in [4.78, 5) is 17.5. The minimum Gasteiger partial charge on any atom is -0.491 e. The van der Waals surface area contributed by atoms with Gasteiger partial charge in [0.25, 0.3) is 5.56 Å². The van der Waals surface area contributed by atoms with Crippen molar-refractivity contribution in [2.45, 2.75) is 31.4 Å². The molecule has 3 aliphatic heterocycles. The molecule has 4 heterocycles. The van der Waals surface area contributed by atoms with E-state index in [1.165, 1.54) is 10.6 Å². The number of pyridine rings is 1. The van der Waals surface area contributed by atoms with Crippen LogP contribution >= 0.6 is 0 Å². The van der Waals surface area contributed by atoms with Gasteiger partial charge in [-0.05, 0) is 61.0 Å². The Morgan fingerprint density at radius 2 is 1.87 bits per heavy atom. The van der Waals surface area contributed by atoms with Gasteiger partial charge < -0.3 is 14.4 Å². The van der Waals surface area contributed by atoms with Crippen LogP contribution < -0.4 is 15.2 Å². The summed E-state index contributed by atoms with van der Waals surface area (Å²) in [7, 11) is -2.93. The number of sulfone groups is 1. The number of aromatic nitrogens is 1. The number of fused-ring (bicyclic) bond motifs is 1. The molecule has 0 spiro atoms. The van der Waals surface area contributed by atoms with E-state index in [2.05, 4.69) is 4.90 Å². The maximum absolute atomic E-state index is 15.3. The highest BCUT2D eigenvalue weighted by Crippen LogP contribution is 2.28. The van der Waals surface area contributed by atoms with Gasteiger partial charge in [-0.3, -0.25) is 14.3 Å². The monoisotopic (exact) mass is 541 g/mol. The highest BCUT2D eigenvalue weighted by atomic mass is 32.2. The quantitative estimate of drug-likeness (QED) is 0.475. The van der Waals surface area contributed by atoms with Gasteiger partial charge in [-0.1, -0.05) is 0 Å². The second-order valence-electron chi connectivity index (χ2n) is 10.4. The lowest BCUT2D eigenvalue weighted by Crippen LogP contribution is -2.47. The van der Waals surface area contributed by atoms with Crippen molar-refractivity contribution in [3.8, 4) is 11.4 Å². The van der Waals surface area contributed by atoms with Crippen molar-refractivity contribution in [3.63, 3.8) is 0 Å². The van der Waals surface area contributed by atoms with Crippen LogP contribution in [0.15, 0.2) is 53.5 Å². The Balaban J connectivity index is 1.16. The zero-order valence-corrected chi connectivity index (χ0v) is 22.0.